The van der Waals surface area contributed by atoms with Crippen molar-refractivity contribution < 1.29 is 0 Å². The van der Waals surface area contributed by atoms with Crippen LogP contribution in [0, 0.1) is 6.92 Å². The molecule has 1 aliphatic heterocycles. The molecule has 0 aromatic carbocycles. The molecule has 0 radical (unpaired) electrons. The van der Waals surface area contributed by atoms with E-state index in [4.69, 9.17) is 0 Å². The van der Waals surface area contributed by atoms with Crippen molar-refractivity contribution in [3.8, 4) is 0 Å². The molecule has 1 aromatic heterocycles. The number of aryl methyl sites for hydroxylation is 1. The molecule has 0 amide bonds. The number of hydrogen-bond donors (Lipinski definition) is 1. The van der Waals surface area contributed by atoms with Crippen LogP contribution < -0.4 is 5.32 Å². The Kier molecular flexibility index (Phi) is 6.36. The SMILES string of the molecule is CCC1CN(C(=NC)NCCc2ccc(C)nc2)CCS1. The molecule has 4 nitrogen and oxygen atoms in total. The number of pyridine rings is 1. The van der Waals surface area contributed by atoms with E-state index in [1.54, 1.807) is 0 Å². The minimum atomic E-state index is 0.735. The van der Waals surface area contributed by atoms with Gasteiger partial charge in [-0.25, -0.2) is 0 Å². The summed E-state index contributed by atoms with van der Waals surface area (Å²) in [5, 5.41) is 4.22. The van der Waals surface area contributed by atoms with Crippen LogP contribution in [0.25, 0.3) is 0 Å². The summed E-state index contributed by atoms with van der Waals surface area (Å²) in [6.07, 6.45) is 4.17. The fraction of sp³-hybridized carbons (Fsp3) is 0.625. The zero-order chi connectivity index (χ0) is 15.1. The fourth-order valence-electron chi connectivity index (χ4n) is 2.46. The van der Waals surface area contributed by atoms with Gasteiger partial charge in [-0.3, -0.25) is 9.98 Å². The maximum absolute atomic E-state index is 4.43. The van der Waals surface area contributed by atoms with Crippen molar-refractivity contribution in [3.63, 3.8) is 0 Å². The quantitative estimate of drug-likeness (QED) is 0.685. The molecule has 2 rings (SSSR count). The molecule has 1 fully saturated rings. The van der Waals surface area contributed by atoms with E-state index in [0.717, 1.165) is 43.0 Å². The Labute approximate surface area is 132 Å². The molecule has 1 atom stereocenters. The lowest BCUT2D eigenvalue weighted by atomic mass is 10.2. The van der Waals surface area contributed by atoms with Crippen molar-refractivity contribution >= 4 is 17.7 Å². The van der Waals surface area contributed by atoms with E-state index in [0.29, 0.717) is 0 Å². The smallest absolute Gasteiger partial charge is 0.193 e. The van der Waals surface area contributed by atoms with Gasteiger partial charge >= 0.3 is 0 Å². The second kappa shape index (κ2) is 8.27. The maximum Gasteiger partial charge on any atom is 0.193 e. The molecule has 0 saturated carbocycles. The van der Waals surface area contributed by atoms with Crippen molar-refractivity contribution in [2.75, 3.05) is 32.4 Å². The number of nitrogens with zero attached hydrogens (tertiary/aromatic N) is 3. The van der Waals surface area contributed by atoms with Gasteiger partial charge in [0.2, 0.25) is 0 Å². The van der Waals surface area contributed by atoms with Gasteiger partial charge in [-0.2, -0.15) is 11.8 Å². The minimum Gasteiger partial charge on any atom is -0.356 e. The van der Waals surface area contributed by atoms with Crippen LogP contribution in [0.4, 0.5) is 0 Å². The highest BCUT2D eigenvalue weighted by atomic mass is 32.2. The van der Waals surface area contributed by atoms with Crippen molar-refractivity contribution in [2.24, 2.45) is 4.99 Å². The largest absolute Gasteiger partial charge is 0.356 e. The molecule has 0 spiro atoms. The van der Waals surface area contributed by atoms with Crippen LogP contribution in [0.3, 0.4) is 0 Å². The van der Waals surface area contributed by atoms with Crippen molar-refractivity contribution in [2.45, 2.75) is 31.9 Å². The molecule has 1 saturated heterocycles. The fourth-order valence-corrected chi connectivity index (χ4v) is 3.64. The van der Waals surface area contributed by atoms with Crippen molar-refractivity contribution in [1.29, 1.82) is 0 Å². The first-order valence-electron chi connectivity index (χ1n) is 7.71. The van der Waals surface area contributed by atoms with Gasteiger partial charge in [-0.15, -0.1) is 0 Å². The Morgan fingerprint density at radius 3 is 3.05 bits per heavy atom. The van der Waals surface area contributed by atoms with Crippen LogP contribution in [-0.2, 0) is 6.42 Å². The summed E-state index contributed by atoms with van der Waals surface area (Å²) in [7, 11) is 1.87. The molecule has 116 valence electrons. The molecule has 2 heterocycles. The van der Waals surface area contributed by atoms with Gasteiger partial charge in [-0.05, 0) is 31.4 Å². The second-order valence-corrected chi connectivity index (χ2v) is 6.79. The average molecular weight is 306 g/mol. The normalized spacial score (nSPS) is 19.7. The second-order valence-electron chi connectivity index (χ2n) is 5.38. The molecule has 5 heteroatoms. The Hall–Kier alpha value is -1.23. The van der Waals surface area contributed by atoms with Crippen molar-refractivity contribution in [3.05, 3.63) is 29.6 Å². The molecule has 0 bridgehead atoms. The van der Waals surface area contributed by atoms with E-state index in [-0.39, 0.29) is 0 Å². The summed E-state index contributed by atoms with van der Waals surface area (Å²) in [6.45, 7) is 7.38. The molecule has 1 N–H and O–H groups in total. The molecule has 21 heavy (non-hydrogen) atoms. The third kappa shape index (κ3) is 4.92. The number of rotatable bonds is 4. The summed E-state index contributed by atoms with van der Waals surface area (Å²) in [5.74, 6) is 2.23. The lowest BCUT2D eigenvalue weighted by Crippen LogP contribution is -2.48. The van der Waals surface area contributed by atoms with E-state index in [1.807, 2.05) is 20.2 Å². The van der Waals surface area contributed by atoms with Gasteiger partial charge in [-0.1, -0.05) is 13.0 Å². The van der Waals surface area contributed by atoms with E-state index < -0.39 is 0 Å². The summed E-state index contributed by atoms with van der Waals surface area (Å²) in [5.41, 5.74) is 2.34. The minimum absolute atomic E-state index is 0.735. The summed E-state index contributed by atoms with van der Waals surface area (Å²) in [4.78, 5) is 11.2. The van der Waals surface area contributed by atoms with Crippen molar-refractivity contribution in [1.82, 2.24) is 15.2 Å². The molecular weight excluding hydrogens is 280 g/mol. The van der Waals surface area contributed by atoms with E-state index in [2.05, 4.69) is 51.0 Å². The monoisotopic (exact) mass is 306 g/mol. The van der Waals surface area contributed by atoms with Gasteiger partial charge < -0.3 is 10.2 Å². The van der Waals surface area contributed by atoms with E-state index >= 15 is 0 Å². The topological polar surface area (TPSA) is 40.5 Å². The Morgan fingerprint density at radius 2 is 2.38 bits per heavy atom. The molecule has 1 unspecified atom stereocenters. The number of guanidine groups is 1. The van der Waals surface area contributed by atoms with Gasteiger partial charge in [0.1, 0.15) is 0 Å². The van der Waals surface area contributed by atoms with Crippen LogP contribution in [0.5, 0.6) is 0 Å². The predicted octanol–water partition coefficient (Wildman–Crippen LogP) is 2.34. The standard InChI is InChI=1S/C16H26N4S/c1-4-15-12-20(9-10-21-15)16(17-3)18-8-7-14-6-5-13(2)19-11-14/h5-6,11,15H,4,7-10,12H2,1-3H3,(H,17,18). The average Bonchev–Trinajstić information content (AvgIpc) is 2.53. The molecule has 1 aliphatic rings. The van der Waals surface area contributed by atoms with Crippen LogP contribution in [0.15, 0.2) is 23.3 Å². The number of hydrogen-bond acceptors (Lipinski definition) is 3. The van der Waals surface area contributed by atoms with Crippen LogP contribution >= 0.6 is 11.8 Å². The van der Waals surface area contributed by atoms with Crippen LogP contribution in [0.1, 0.15) is 24.6 Å². The first-order chi connectivity index (χ1) is 10.2. The Morgan fingerprint density at radius 1 is 1.52 bits per heavy atom. The summed E-state index contributed by atoms with van der Waals surface area (Å²) < 4.78 is 0. The highest BCUT2D eigenvalue weighted by Crippen LogP contribution is 2.20. The van der Waals surface area contributed by atoms with Gasteiger partial charge in [0.05, 0.1) is 0 Å². The van der Waals surface area contributed by atoms with Crippen LogP contribution in [0.2, 0.25) is 0 Å². The number of nitrogens with one attached hydrogen (secondary N) is 1. The molecule has 1 aromatic rings. The maximum atomic E-state index is 4.43. The van der Waals surface area contributed by atoms with Gasteiger partial charge in [0.25, 0.3) is 0 Å². The van der Waals surface area contributed by atoms with Gasteiger partial charge in [0, 0.05) is 49.6 Å². The predicted molar refractivity (Wildman–Crippen MR) is 92.1 cm³/mol. The lowest BCUT2D eigenvalue weighted by Gasteiger charge is -2.34. The zero-order valence-electron chi connectivity index (χ0n) is 13.3. The third-order valence-electron chi connectivity index (χ3n) is 3.77. The highest BCUT2D eigenvalue weighted by molar-refractivity contribution is 8.00. The number of aromatic nitrogens is 1. The molecular formula is C16H26N4S. The van der Waals surface area contributed by atoms with Crippen LogP contribution in [-0.4, -0.2) is 53.5 Å². The number of aliphatic imine (C=N–C) groups is 1. The van der Waals surface area contributed by atoms with Gasteiger partial charge in [0.15, 0.2) is 5.96 Å². The number of thioether (sulfide) groups is 1. The Balaban J connectivity index is 1.81. The summed E-state index contributed by atoms with van der Waals surface area (Å²) in [6, 6.07) is 4.22. The Bertz CT molecular complexity index is 458. The van der Waals surface area contributed by atoms with E-state index in [9.17, 15) is 0 Å². The summed E-state index contributed by atoms with van der Waals surface area (Å²) >= 11 is 2.08. The highest BCUT2D eigenvalue weighted by Gasteiger charge is 2.21. The zero-order valence-corrected chi connectivity index (χ0v) is 14.1. The van der Waals surface area contributed by atoms with E-state index in [1.165, 1.54) is 17.7 Å². The third-order valence-corrected chi connectivity index (χ3v) is 5.15. The molecule has 0 aliphatic carbocycles. The lowest BCUT2D eigenvalue weighted by molar-refractivity contribution is 0.408. The first-order valence-corrected chi connectivity index (χ1v) is 8.76. The first kappa shape index (κ1) is 16.1.